The van der Waals surface area contributed by atoms with E-state index in [9.17, 15) is 4.79 Å². The highest BCUT2D eigenvalue weighted by atomic mass is 16.5. The quantitative estimate of drug-likeness (QED) is 0.380. The molecule has 0 saturated heterocycles. The van der Waals surface area contributed by atoms with Crippen molar-refractivity contribution in [2.45, 2.75) is 12.8 Å². The summed E-state index contributed by atoms with van der Waals surface area (Å²) in [4.78, 5) is 16.6. The summed E-state index contributed by atoms with van der Waals surface area (Å²) in [6.45, 7) is 0.434. The van der Waals surface area contributed by atoms with Gasteiger partial charge in [-0.1, -0.05) is 36.4 Å². The fourth-order valence-corrected chi connectivity index (χ4v) is 3.36. The first-order valence-electron chi connectivity index (χ1n) is 10.2. The number of fused-ring (bicyclic) bond motifs is 1. The van der Waals surface area contributed by atoms with Crippen LogP contribution >= 0.6 is 0 Å². The number of methoxy groups -OCH3 is 2. The Morgan fingerprint density at radius 1 is 1.00 bits per heavy atom. The second-order valence-corrected chi connectivity index (χ2v) is 7.05. The molecule has 1 amide bonds. The molecule has 0 atom stereocenters. The van der Waals surface area contributed by atoms with E-state index < -0.39 is 0 Å². The highest BCUT2D eigenvalue weighted by Crippen LogP contribution is 2.31. The van der Waals surface area contributed by atoms with E-state index in [1.165, 1.54) is 0 Å². The van der Waals surface area contributed by atoms with E-state index in [4.69, 9.17) is 14.2 Å². The number of amides is 1. The van der Waals surface area contributed by atoms with Crippen LogP contribution in [0.1, 0.15) is 12.8 Å². The molecule has 0 radical (unpaired) electrons. The molecule has 0 bridgehead atoms. The Balaban J connectivity index is 1.30. The number of ether oxygens (including phenoxy) is 3. The maximum absolute atomic E-state index is 12.3. The zero-order valence-electron chi connectivity index (χ0n) is 17.9. The van der Waals surface area contributed by atoms with E-state index in [1.54, 1.807) is 26.4 Å². The number of rotatable bonds is 9. The van der Waals surface area contributed by atoms with Gasteiger partial charge in [0, 0.05) is 17.9 Å². The molecule has 4 aromatic rings. The smallest absolute Gasteiger partial charge is 0.249 e. The Labute approximate surface area is 185 Å². The minimum Gasteiger partial charge on any atom is -0.497 e. The molecule has 0 saturated carbocycles. The van der Waals surface area contributed by atoms with E-state index in [0.717, 1.165) is 16.5 Å². The molecule has 0 spiro atoms. The van der Waals surface area contributed by atoms with Gasteiger partial charge in [0.2, 0.25) is 11.9 Å². The number of anilines is 1. The van der Waals surface area contributed by atoms with Crippen LogP contribution < -0.4 is 19.5 Å². The molecule has 4 rings (SSSR count). The third kappa shape index (κ3) is 4.80. The summed E-state index contributed by atoms with van der Waals surface area (Å²) in [5.74, 6) is 2.58. The number of carbonyl (C=O) groups excluding carboxylic acids is 1. The number of benzene rings is 3. The van der Waals surface area contributed by atoms with Gasteiger partial charge in [-0.25, -0.2) is 0 Å². The third-order valence-corrected chi connectivity index (χ3v) is 4.96. The molecular formula is C24H24N4O4. The summed E-state index contributed by atoms with van der Waals surface area (Å²) in [6, 6.07) is 19.4. The molecule has 8 nitrogen and oxygen atoms in total. The number of hydrogen-bond acceptors (Lipinski definition) is 6. The SMILES string of the molecule is COc1ccc(-c2nc(NC(=O)CCCOc3cccc4ccccc34)n[nH]2)c(OC)c1. The number of carbonyl (C=O) groups is 1. The van der Waals surface area contributed by atoms with Crippen LogP contribution in [0.15, 0.2) is 60.7 Å². The lowest BCUT2D eigenvalue weighted by Crippen LogP contribution is -2.13. The molecule has 0 aliphatic heterocycles. The van der Waals surface area contributed by atoms with E-state index in [2.05, 4.69) is 20.5 Å². The monoisotopic (exact) mass is 432 g/mol. The van der Waals surface area contributed by atoms with Crippen molar-refractivity contribution in [3.8, 4) is 28.6 Å². The van der Waals surface area contributed by atoms with E-state index in [0.29, 0.717) is 42.3 Å². The zero-order chi connectivity index (χ0) is 22.3. The number of nitrogens with zero attached hydrogens (tertiary/aromatic N) is 2. The Hall–Kier alpha value is -4.07. The van der Waals surface area contributed by atoms with Gasteiger partial charge in [-0.3, -0.25) is 15.2 Å². The van der Waals surface area contributed by atoms with Crippen molar-refractivity contribution in [3.05, 3.63) is 60.7 Å². The van der Waals surface area contributed by atoms with E-state index >= 15 is 0 Å². The normalized spacial score (nSPS) is 10.7. The van der Waals surface area contributed by atoms with Crippen LogP contribution in [0, 0.1) is 0 Å². The van der Waals surface area contributed by atoms with Crippen molar-refractivity contribution in [2.24, 2.45) is 0 Å². The van der Waals surface area contributed by atoms with Crippen LogP contribution in [-0.4, -0.2) is 41.9 Å². The van der Waals surface area contributed by atoms with Gasteiger partial charge in [-0.2, -0.15) is 4.98 Å². The highest BCUT2D eigenvalue weighted by Gasteiger charge is 2.13. The van der Waals surface area contributed by atoms with Crippen LogP contribution in [0.2, 0.25) is 0 Å². The number of H-pyrrole nitrogens is 1. The van der Waals surface area contributed by atoms with Crippen LogP contribution in [-0.2, 0) is 4.79 Å². The Morgan fingerprint density at radius 2 is 1.84 bits per heavy atom. The van der Waals surface area contributed by atoms with Crippen molar-refractivity contribution in [1.29, 1.82) is 0 Å². The predicted octanol–water partition coefficient (Wildman–Crippen LogP) is 4.44. The first-order chi connectivity index (χ1) is 15.7. The van der Waals surface area contributed by atoms with Gasteiger partial charge in [0.25, 0.3) is 0 Å². The molecule has 0 aliphatic carbocycles. The molecule has 1 heterocycles. The number of nitrogens with one attached hydrogen (secondary N) is 2. The first-order valence-corrected chi connectivity index (χ1v) is 10.2. The Morgan fingerprint density at radius 3 is 2.69 bits per heavy atom. The maximum Gasteiger partial charge on any atom is 0.249 e. The van der Waals surface area contributed by atoms with Gasteiger partial charge in [0.1, 0.15) is 17.2 Å². The van der Waals surface area contributed by atoms with Gasteiger partial charge >= 0.3 is 0 Å². The fraction of sp³-hybridized carbons (Fsp3) is 0.208. The number of aromatic nitrogens is 3. The third-order valence-electron chi connectivity index (χ3n) is 4.96. The molecule has 164 valence electrons. The standard InChI is InChI=1S/C24H24N4O4/c1-30-17-12-13-19(21(15-17)31-2)23-26-24(28-27-23)25-22(29)11-6-14-32-20-10-5-8-16-7-3-4-9-18(16)20/h3-5,7-10,12-13,15H,6,11,14H2,1-2H3,(H2,25,26,27,28,29). The topological polar surface area (TPSA) is 98.4 Å². The van der Waals surface area contributed by atoms with Crippen LogP contribution in [0.3, 0.4) is 0 Å². The lowest BCUT2D eigenvalue weighted by molar-refractivity contribution is -0.116. The summed E-state index contributed by atoms with van der Waals surface area (Å²) in [7, 11) is 3.15. The fourth-order valence-electron chi connectivity index (χ4n) is 3.36. The maximum atomic E-state index is 12.3. The molecule has 32 heavy (non-hydrogen) atoms. The van der Waals surface area contributed by atoms with Gasteiger partial charge in [-0.15, -0.1) is 5.10 Å². The highest BCUT2D eigenvalue weighted by molar-refractivity contribution is 5.89. The number of aromatic amines is 1. The summed E-state index contributed by atoms with van der Waals surface area (Å²) >= 11 is 0. The van der Waals surface area contributed by atoms with Crippen molar-refractivity contribution >= 4 is 22.6 Å². The molecule has 1 aromatic heterocycles. The number of hydrogen-bond donors (Lipinski definition) is 2. The molecule has 3 aromatic carbocycles. The minimum absolute atomic E-state index is 0.182. The molecule has 2 N–H and O–H groups in total. The van der Waals surface area contributed by atoms with Crippen molar-refractivity contribution in [1.82, 2.24) is 15.2 Å². The summed E-state index contributed by atoms with van der Waals surface area (Å²) in [5.41, 5.74) is 0.713. The van der Waals surface area contributed by atoms with Crippen molar-refractivity contribution < 1.29 is 19.0 Å². The van der Waals surface area contributed by atoms with Crippen LogP contribution in [0.25, 0.3) is 22.2 Å². The average molecular weight is 432 g/mol. The van der Waals surface area contributed by atoms with Crippen molar-refractivity contribution in [3.63, 3.8) is 0 Å². The molecule has 0 fully saturated rings. The van der Waals surface area contributed by atoms with Crippen LogP contribution in [0.4, 0.5) is 5.95 Å². The first kappa shape index (κ1) is 21.2. The van der Waals surface area contributed by atoms with E-state index in [1.807, 2.05) is 48.5 Å². The zero-order valence-corrected chi connectivity index (χ0v) is 17.9. The van der Waals surface area contributed by atoms with Crippen LogP contribution in [0.5, 0.6) is 17.2 Å². The lowest BCUT2D eigenvalue weighted by Gasteiger charge is -2.09. The minimum atomic E-state index is -0.182. The van der Waals surface area contributed by atoms with Gasteiger partial charge < -0.3 is 14.2 Å². The van der Waals surface area contributed by atoms with Crippen molar-refractivity contribution in [2.75, 3.05) is 26.1 Å². The predicted molar refractivity (Wildman–Crippen MR) is 122 cm³/mol. The summed E-state index contributed by atoms with van der Waals surface area (Å²) < 4.78 is 16.5. The lowest BCUT2D eigenvalue weighted by atomic mass is 10.1. The Bertz CT molecular complexity index is 1220. The molecule has 8 heteroatoms. The van der Waals surface area contributed by atoms with Gasteiger partial charge in [-0.05, 0) is 30.0 Å². The molecular weight excluding hydrogens is 408 g/mol. The molecule has 0 aliphatic rings. The second-order valence-electron chi connectivity index (χ2n) is 7.05. The largest absolute Gasteiger partial charge is 0.497 e. The Kier molecular flexibility index (Phi) is 6.50. The van der Waals surface area contributed by atoms with Gasteiger partial charge in [0.05, 0.1) is 26.4 Å². The molecule has 0 unspecified atom stereocenters. The summed E-state index contributed by atoms with van der Waals surface area (Å²) in [6.07, 6.45) is 0.860. The van der Waals surface area contributed by atoms with E-state index in [-0.39, 0.29) is 11.9 Å². The average Bonchev–Trinajstić information content (AvgIpc) is 3.29. The van der Waals surface area contributed by atoms with Gasteiger partial charge in [0.15, 0.2) is 5.82 Å². The second kappa shape index (κ2) is 9.82. The summed E-state index contributed by atoms with van der Waals surface area (Å²) in [5, 5.41) is 11.8.